The van der Waals surface area contributed by atoms with E-state index >= 15 is 0 Å². The summed E-state index contributed by atoms with van der Waals surface area (Å²) < 4.78 is 5.20. The van der Waals surface area contributed by atoms with Crippen molar-refractivity contribution in [2.24, 2.45) is 0 Å². The molecule has 4 aromatic carbocycles. The summed E-state index contributed by atoms with van der Waals surface area (Å²) in [7, 11) is 1.61. The first-order chi connectivity index (χ1) is 22.3. The number of benzene rings is 4. The van der Waals surface area contributed by atoms with Gasteiger partial charge >= 0.3 is 0 Å². The summed E-state index contributed by atoms with van der Waals surface area (Å²) in [5.74, 6) is -0.362. The second kappa shape index (κ2) is 15.6. The minimum atomic E-state index is -0.563. The van der Waals surface area contributed by atoms with E-state index in [4.69, 9.17) is 27.9 Å². The third kappa shape index (κ3) is 8.98. The summed E-state index contributed by atoms with van der Waals surface area (Å²) in [5.41, 5.74) is 3.01. The van der Waals surface area contributed by atoms with Crippen molar-refractivity contribution in [3.05, 3.63) is 129 Å². The summed E-state index contributed by atoms with van der Waals surface area (Å²) in [6.07, 6.45) is 1.48. The van der Waals surface area contributed by atoms with Gasteiger partial charge in [-0.2, -0.15) is 0 Å². The molecule has 0 saturated heterocycles. The molecule has 0 spiro atoms. The molecule has 3 amide bonds. The number of nitrogens with zero attached hydrogens (tertiary/aromatic N) is 1. The molecule has 0 unspecified atom stereocenters. The largest absolute Gasteiger partial charge is 0.497 e. The number of nitrogens with one attached hydrogen (secondary N) is 3. The number of thioether (sulfide) groups is 1. The molecule has 0 radical (unpaired) electrons. The van der Waals surface area contributed by atoms with Crippen molar-refractivity contribution in [3.8, 4) is 17.0 Å². The van der Waals surface area contributed by atoms with Crippen LogP contribution < -0.4 is 20.7 Å². The van der Waals surface area contributed by atoms with Gasteiger partial charge in [0, 0.05) is 37.1 Å². The lowest BCUT2D eigenvalue weighted by atomic mass is 10.1. The van der Waals surface area contributed by atoms with Gasteiger partial charge in [-0.3, -0.25) is 14.4 Å². The molecule has 0 bridgehead atoms. The minimum absolute atomic E-state index is 0.0204. The molecule has 0 aliphatic carbocycles. The molecule has 12 heteroatoms. The molecule has 0 saturated carbocycles. The van der Waals surface area contributed by atoms with Crippen molar-refractivity contribution in [3.63, 3.8) is 0 Å². The van der Waals surface area contributed by atoms with Gasteiger partial charge in [0.25, 0.3) is 11.8 Å². The summed E-state index contributed by atoms with van der Waals surface area (Å²) in [6, 6.07) is 28.0. The number of thiazole rings is 1. The maximum Gasteiger partial charge on any atom is 0.272 e. The van der Waals surface area contributed by atoms with Crippen molar-refractivity contribution in [2.45, 2.75) is 4.90 Å². The van der Waals surface area contributed by atoms with Gasteiger partial charge in [0.15, 0.2) is 5.13 Å². The lowest BCUT2D eigenvalue weighted by molar-refractivity contribution is -0.114. The van der Waals surface area contributed by atoms with Crippen LogP contribution in [0.1, 0.15) is 15.9 Å². The number of anilines is 2. The van der Waals surface area contributed by atoms with E-state index in [9.17, 15) is 14.4 Å². The Labute approximate surface area is 283 Å². The fourth-order valence-corrected chi connectivity index (χ4v) is 6.06. The third-order valence-electron chi connectivity index (χ3n) is 6.39. The molecule has 1 aromatic heterocycles. The van der Waals surface area contributed by atoms with Crippen LogP contribution in [0.15, 0.2) is 113 Å². The molecule has 232 valence electrons. The summed E-state index contributed by atoms with van der Waals surface area (Å²) in [6.45, 7) is 0. The standard InChI is InChI=1S/C34H26Cl2N4O4S2/c1-44-26-14-11-21(12-15-26)30-19-46-34(39-30)40-31(41)20-45-27-9-5-8-25(18-27)37-33(43)29(16-23-10-13-24(35)17-28(23)36)38-32(42)22-6-3-2-4-7-22/h2-19H,20H2,1H3,(H,37,43)(H,38,42)(H,39,40,41)/b29-16+. The van der Waals surface area contributed by atoms with Crippen molar-refractivity contribution >= 4 is 80.9 Å². The molecular weight excluding hydrogens is 663 g/mol. The summed E-state index contributed by atoms with van der Waals surface area (Å²) >= 11 is 15.0. The van der Waals surface area contributed by atoms with Crippen molar-refractivity contribution in [2.75, 3.05) is 23.5 Å². The predicted molar refractivity (Wildman–Crippen MR) is 187 cm³/mol. The van der Waals surface area contributed by atoms with E-state index in [0.717, 1.165) is 21.9 Å². The number of hydrogen-bond donors (Lipinski definition) is 3. The van der Waals surface area contributed by atoms with E-state index in [2.05, 4.69) is 20.9 Å². The highest BCUT2D eigenvalue weighted by atomic mass is 35.5. The first-order valence-corrected chi connectivity index (χ1v) is 16.4. The average molecular weight is 690 g/mol. The van der Waals surface area contributed by atoms with E-state index in [1.807, 2.05) is 35.7 Å². The monoisotopic (exact) mass is 688 g/mol. The number of halogens is 2. The number of carbonyl (C=O) groups excluding carboxylic acids is 3. The third-order valence-corrected chi connectivity index (χ3v) is 8.70. The van der Waals surface area contributed by atoms with E-state index in [-0.39, 0.29) is 17.4 Å². The minimum Gasteiger partial charge on any atom is -0.497 e. The maximum atomic E-state index is 13.4. The van der Waals surface area contributed by atoms with Crippen LogP contribution in [-0.4, -0.2) is 35.6 Å². The maximum absolute atomic E-state index is 13.4. The molecule has 0 aliphatic rings. The highest BCUT2D eigenvalue weighted by Gasteiger charge is 2.16. The van der Waals surface area contributed by atoms with Gasteiger partial charge in [0.2, 0.25) is 5.91 Å². The van der Waals surface area contributed by atoms with Gasteiger partial charge in [-0.1, -0.05) is 53.5 Å². The number of hydrogen-bond acceptors (Lipinski definition) is 7. The second-order valence-corrected chi connectivity index (χ2v) is 12.4. The first kappa shape index (κ1) is 32.8. The van der Waals surface area contributed by atoms with Gasteiger partial charge in [0.1, 0.15) is 11.4 Å². The molecule has 5 rings (SSSR count). The van der Waals surface area contributed by atoms with Gasteiger partial charge < -0.3 is 20.7 Å². The van der Waals surface area contributed by atoms with E-state index in [0.29, 0.717) is 32.0 Å². The SMILES string of the molecule is COc1ccc(-c2csc(NC(=O)CSc3cccc(NC(=O)/C(=C\c4ccc(Cl)cc4Cl)NC(=O)c4ccccc4)c3)n2)cc1. The highest BCUT2D eigenvalue weighted by Crippen LogP contribution is 2.28. The summed E-state index contributed by atoms with van der Waals surface area (Å²) in [4.78, 5) is 44.3. The molecule has 0 aliphatic heterocycles. The predicted octanol–water partition coefficient (Wildman–Crippen LogP) is 8.27. The number of methoxy groups -OCH3 is 1. The lowest BCUT2D eigenvalue weighted by Gasteiger charge is -2.12. The van der Waals surface area contributed by atoms with E-state index < -0.39 is 11.8 Å². The normalized spacial score (nSPS) is 11.1. The van der Waals surface area contributed by atoms with Crippen molar-refractivity contribution in [1.82, 2.24) is 10.3 Å². The molecular formula is C34H26Cl2N4O4S2. The van der Waals surface area contributed by atoms with Crippen LogP contribution in [0.5, 0.6) is 5.75 Å². The zero-order valence-electron chi connectivity index (χ0n) is 24.3. The van der Waals surface area contributed by atoms with Crippen LogP contribution >= 0.6 is 46.3 Å². The van der Waals surface area contributed by atoms with Crippen LogP contribution in [0.3, 0.4) is 0 Å². The van der Waals surface area contributed by atoms with Crippen LogP contribution in [0.25, 0.3) is 17.3 Å². The molecule has 46 heavy (non-hydrogen) atoms. The molecule has 0 atom stereocenters. The van der Waals surface area contributed by atoms with Crippen molar-refractivity contribution < 1.29 is 19.1 Å². The van der Waals surface area contributed by atoms with Crippen LogP contribution in [0.2, 0.25) is 10.0 Å². The Morgan fingerprint density at radius 2 is 1.70 bits per heavy atom. The van der Waals surface area contributed by atoms with E-state index in [1.54, 1.807) is 73.8 Å². The zero-order valence-corrected chi connectivity index (χ0v) is 27.4. The number of ether oxygens (including phenoxy) is 1. The second-order valence-electron chi connectivity index (χ2n) is 9.63. The van der Waals surface area contributed by atoms with Gasteiger partial charge in [0.05, 0.1) is 18.6 Å². The summed E-state index contributed by atoms with van der Waals surface area (Å²) in [5, 5.41) is 11.5. The van der Waals surface area contributed by atoms with Crippen LogP contribution in [-0.2, 0) is 9.59 Å². The molecule has 3 N–H and O–H groups in total. The smallest absolute Gasteiger partial charge is 0.272 e. The number of carbonyl (C=O) groups is 3. The van der Waals surface area contributed by atoms with Crippen LogP contribution in [0, 0.1) is 0 Å². The Balaban J connectivity index is 1.23. The molecule has 8 nitrogen and oxygen atoms in total. The first-order valence-electron chi connectivity index (χ1n) is 13.7. The van der Waals surface area contributed by atoms with Gasteiger partial charge in [-0.05, 0) is 78.4 Å². The van der Waals surface area contributed by atoms with E-state index in [1.165, 1.54) is 29.2 Å². The fraction of sp³-hybridized carbons (Fsp3) is 0.0588. The number of aromatic nitrogens is 1. The van der Waals surface area contributed by atoms with Crippen LogP contribution in [0.4, 0.5) is 10.8 Å². The highest BCUT2D eigenvalue weighted by molar-refractivity contribution is 8.00. The molecule has 0 fully saturated rings. The average Bonchev–Trinajstić information content (AvgIpc) is 3.53. The van der Waals surface area contributed by atoms with Crippen molar-refractivity contribution in [1.29, 1.82) is 0 Å². The topological polar surface area (TPSA) is 109 Å². The lowest BCUT2D eigenvalue weighted by Crippen LogP contribution is -2.30. The molecule has 1 heterocycles. The fourth-order valence-electron chi connectivity index (χ4n) is 4.11. The number of amides is 3. The Hall–Kier alpha value is -4.61. The number of rotatable bonds is 11. The Bertz CT molecular complexity index is 1900. The zero-order chi connectivity index (χ0) is 32.5. The molecule has 5 aromatic rings. The van der Waals surface area contributed by atoms with Gasteiger partial charge in [-0.25, -0.2) is 4.98 Å². The van der Waals surface area contributed by atoms with Gasteiger partial charge in [-0.15, -0.1) is 23.1 Å². The Morgan fingerprint density at radius 1 is 0.913 bits per heavy atom. The quantitative estimate of drug-likeness (QED) is 0.0952. The Morgan fingerprint density at radius 3 is 2.43 bits per heavy atom. The Kier molecular flexibility index (Phi) is 11.1.